The van der Waals surface area contributed by atoms with E-state index in [9.17, 15) is 4.79 Å². The van der Waals surface area contributed by atoms with Crippen molar-refractivity contribution in [3.8, 4) is 0 Å². The molecule has 4 nitrogen and oxygen atoms in total. The zero-order chi connectivity index (χ0) is 8.69. The molecule has 1 N–H and O–H groups in total. The number of carbonyl (C=O) groups is 1. The summed E-state index contributed by atoms with van der Waals surface area (Å²) in [6.07, 6.45) is 4.28. The van der Waals surface area contributed by atoms with E-state index in [2.05, 4.69) is 9.97 Å². The van der Waals surface area contributed by atoms with Crippen LogP contribution in [0, 0.1) is 6.92 Å². The van der Waals surface area contributed by atoms with Gasteiger partial charge in [-0.2, -0.15) is 0 Å². The van der Waals surface area contributed by atoms with Crippen molar-refractivity contribution in [1.82, 2.24) is 14.9 Å². The summed E-state index contributed by atoms with van der Waals surface area (Å²) in [5.41, 5.74) is 0. The van der Waals surface area contributed by atoms with Crippen LogP contribution in [-0.4, -0.2) is 35.4 Å². The molecule has 11 heavy (non-hydrogen) atoms. The molecule has 62 valence electrons. The number of aromatic nitrogens is 2. The van der Waals surface area contributed by atoms with Crippen LogP contribution in [0.2, 0.25) is 0 Å². The normalized spacial score (nSPS) is 7.91. The van der Waals surface area contributed by atoms with Gasteiger partial charge in [0.25, 0.3) is 0 Å². The molecule has 0 radical (unpaired) electrons. The van der Waals surface area contributed by atoms with Crippen LogP contribution in [-0.2, 0) is 4.79 Å². The highest BCUT2D eigenvalue weighted by Crippen LogP contribution is 1.78. The van der Waals surface area contributed by atoms with Crippen molar-refractivity contribution in [2.24, 2.45) is 0 Å². The minimum absolute atomic E-state index is 0.750. The van der Waals surface area contributed by atoms with Crippen molar-refractivity contribution >= 4 is 6.41 Å². The van der Waals surface area contributed by atoms with Crippen LogP contribution in [0.25, 0.3) is 0 Å². The number of imidazole rings is 1. The summed E-state index contributed by atoms with van der Waals surface area (Å²) in [6.45, 7) is 1.92. The van der Waals surface area contributed by atoms with Crippen LogP contribution in [0.1, 0.15) is 5.82 Å². The Hall–Kier alpha value is -1.32. The van der Waals surface area contributed by atoms with E-state index in [-0.39, 0.29) is 0 Å². The van der Waals surface area contributed by atoms with Crippen LogP contribution >= 0.6 is 0 Å². The largest absolute Gasteiger partial charge is 0.351 e. The summed E-state index contributed by atoms with van der Waals surface area (Å²) in [6, 6.07) is 0. The molecule has 0 bridgehead atoms. The Morgan fingerprint density at radius 3 is 2.27 bits per heavy atom. The quantitative estimate of drug-likeness (QED) is 0.597. The fourth-order valence-electron chi connectivity index (χ4n) is 0.344. The standard InChI is InChI=1S/C4H6N2.C3H7NO/c1-4-5-2-3-6-4;1-4(2)3-5/h2-3H,1H3,(H,5,6);3H,1-2H3. The maximum atomic E-state index is 9.43. The first-order valence-electron chi connectivity index (χ1n) is 3.24. The molecule has 0 saturated heterocycles. The molecule has 0 unspecified atom stereocenters. The average Bonchev–Trinajstić information content (AvgIpc) is 2.41. The minimum Gasteiger partial charge on any atom is -0.351 e. The molecule has 1 aromatic rings. The van der Waals surface area contributed by atoms with Gasteiger partial charge in [0.1, 0.15) is 5.82 Å². The van der Waals surface area contributed by atoms with E-state index in [4.69, 9.17) is 0 Å². The van der Waals surface area contributed by atoms with Gasteiger partial charge >= 0.3 is 0 Å². The number of hydrogen-bond acceptors (Lipinski definition) is 2. The van der Waals surface area contributed by atoms with Crippen LogP contribution in [0.5, 0.6) is 0 Å². The summed E-state index contributed by atoms with van der Waals surface area (Å²) in [5.74, 6) is 0.968. The summed E-state index contributed by atoms with van der Waals surface area (Å²) in [4.78, 5) is 17.6. The van der Waals surface area contributed by atoms with E-state index in [0.29, 0.717) is 0 Å². The molecule has 1 amide bonds. The number of carbonyl (C=O) groups excluding carboxylic acids is 1. The van der Waals surface area contributed by atoms with Gasteiger partial charge in [0.2, 0.25) is 6.41 Å². The number of hydrogen-bond donors (Lipinski definition) is 1. The van der Waals surface area contributed by atoms with Crippen LogP contribution in [0.4, 0.5) is 0 Å². The number of nitrogens with zero attached hydrogens (tertiary/aromatic N) is 2. The smallest absolute Gasteiger partial charge is 0.209 e. The Morgan fingerprint density at radius 1 is 1.64 bits per heavy atom. The topological polar surface area (TPSA) is 49.0 Å². The van der Waals surface area contributed by atoms with Crippen LogP contribution in [0.15, 0.2) is 12.4 Å². The van der Waals surface area contributed by atoms with Gasteiger partial charge in [-0.3, -0.25) is 4.79 Å². The van der Waals surface area contributed by atoms with E-state index in [1.54, 1.807) is 26.5 Å². The first kappa shape index (κ1) is 9.68. The third-order valence-corrected chi connectivity index (χ3v) is 0.846. The first-order valence-corrected chi connectivity index (χ1v) is 3.24. The van der Waals surface area contributed by atoms with Gasteiger partial charge in [-0.05, 0) is 6.92 Å². The predicted octanol–water partition coefficient (Wildman–Crippen LogP) is 0.423. The molecule has 0 atom stereocenters. The number of nitrogens with one attached hydrogen (secondary N) is 1. The van der Waals surface area contributed by atoms with Crippen LogP contribution in [0.3, 0.4) is 0 Å². The molecule has 0 aromatic carbocycles. The summed E-state index contributed by atoms with van der Waals surface area (Å²) in [7, 11) is 3.38. The lowest BCUT2D eigenvalue weighted by atomic mass is 10.8. The number of rotatable bonds is 1. The predicted molar refractivity (Wildman–Crippen MR) is 43.1 cm³/mol. The van der Waals surface area contributed by atoms with Crippen molar-refractivity contribution in [3.63, 3.8) is 0 Å². The van der Waals surface area contributed by atoms with Gasteiger partial charge in [-0.15, -0.1) is 0 Å². The lowest BCUT2D eigenvalue weighted by Crippen LogP contribution is -2.06. The highest BCUT2D eigenvalue weighted by atomic mass is 16.1. The monoisotopic (exact) mass is 155 g/mol. The Balaban J connectivity index is 0.000000187. The maximum absolute atomic E-state index is 9.43. The molecule has 0 saturated carbocycles. The zero-order valence-electron chi connectivity index (χ0n) is 7.03. The molecule has 0 spiro atoms. The van der Waals surface area contributed by atoms with Gasteiger partial charge in [-0.1, -0.05) is 0 Å². The highest BCUT2D eigenvalue weighted by molar-refractivity contribution is 5.45. The van der Waals surface area contributed by atoms with E-state index >= 15 is 0 Å². The maximum Gasteiger partial charge on any atom is 0.209 e. The van der Waals surface area contributed by atoms with Crippen molar-refractivity contribution in [1.29, 1.82) is 0 Å². The molecular formula is C7H13N3O. The van der Waals surface area contributed by atoms with Crippen LogP contribution < -0.4 is 0 Å². The van der Waals surface area contributed by atoms with Gasteiger partial charge in [0, 0.05) is 26.5 Å². The molecule has 0 aliphatic rings. The number of aromatic amines is 1. The van der Waals surface area contributed by atoms with Crippen molar-refractivity contribution in [3.05, 3.63) is 18.2 Å². The highest BCUT2D eigenvalue weighted by Gasteiger charge is 1.73. The van der Waals surface area contributed by atoms with Gasteiger partial charge in [0.15, 0.2) is 0 Å². The molecule has 1 aromatic heterocycles. The molecule has 4 heteroatoms. The number of amides is 1. The number of aryl methyl sites for hydroxylation is 1. The second-order valence-corrected chi connectivity index (χ2v) is 2.24. The molecule has 1 rings (SSSR count). The van der Waals surface area contributed by atoms with Gasteiger partial charge < -0.3 is 9.88 Å². The summed E-state index contributed by atoms with van der Waals surface area (Å²) in [5, 5.41) is 0. The Bertz CT molecular complexity index is 182. The lowest BCUT2D eigenvalue weighted by Gasteiger charge is -1.93. The first-order chi connectivity index (χ1) is 5.16. The van der Waals surface area contributed by atoms with E-state index in [1.807, 2.05) is 6.92 Å². The minimum atomic E-state index is 0.750. The zero-order valence-corrected chi connectivity index (χ0v) is 7.03. The molecular weight excluding hydrogens is 142 g/mol. The second-order valence-electron chi connectivity index (χ2n) is 2.24. The Morgan fingerprint density at radius 2 is 2.18 bits per heavy atom. The van der Waals surface area contributed by atoms with E-state index < -0.39 is 0 Å². The van der Waals surface area contributed by atoms with Gasteiger partial charge in [0.05, 0.1) is 0 Å². The Labute approximate surface area is 66.2 Å². The van der Waals surface area contributed by atoms with E-state index in [1.165, 1.54) is 4.90 Å². The van der Waals surface area contributed by atoms with E-state index in [0.717, 1.165) is 12.2 Å². The molecule has 0 aliphatic heterocycles. The fraction of sp³-hybridized carbons (Fsp3) is 0.429. The molecule has 0 aliphatic carbocycles. The third kappa shape index (κ3) is 6.57. The van der Waals surface area contributed by atoms with Gasteiger partial charge in [-0.25, -0.2) is 4.98 Å². The second kappa shape index (κ2) is 5.46. The SMILES string of the molecule is CN(C)C=O.Cc1ncc[nH]1. The molecule has 1 heterocycles. The average molecular weight is 155 g/mol. The van der Waals surface area contributed by atoms with Crippen molar-refractivity contribution in [2.75, 3.05) is 14.1 Å². The Kier molecular flexibility index (Phi) is 4.81. The summed E-state index contributed by atoms with van der Waals surface area (Å²) < 4.78 is 0. The number of H-pyrrole nitrogens is 1. The fourth-order valence-corrected chi connectivity index (χ4v) is 0.344. The van der Waals surface area contributed by atoms with Crippen molar-refractivity contribution in [2.45, 2.75) is 6.92 Å². The summed E-state index contributed by atoms with van der Waals surface area (Å²) >= 11 is 0. The lowest BCUT2D eigenvalue weighted by molar-refractivity contribution is -0.115. The van der Waals surface area contributed by atoms with Crippen molar-refractivity contribution < 1.29 is 4.79 Å². The molecule has 0 fully saturated rings. The third-order valence-electron chi connectivity index (χ3n) is 0.846.